The molecule has 2 aromatic heterocycles. The third-order valence-electron chi connectivity index (χ3n) is 2.79. The number of aromatic nitrogens is 2. The first kappa shape index (κ1) is 12.2. The first-order valence-corrected chi connectivity index (χ1v) is 6.68. The molecule has 0 fully saturated rings. The van der Waals surface area contributed by atoms with Crippen LogP contribution in [0.25, 0.3) is 11.1 Å². The van der Waals surface area contributed by atoms with Gasteiger partial charge in [0.1, 0.15) is 11.3 Å². The van der Waals surface area contributed by atoms with Gasteiger partial charge >= 0.3 is 0 Å². The largest absolute Gasteiger partial charge is 0.441 e. The van der Waals surface area contributed by atoms with Crippen molar-refractivity contribution >= 4 is 38.5 Å². The fraction of sp³-hybridized carbons (Fsp3) is 0.143. The van der Waals surface area contributed by atoms with Gasteiger partial charge in [0.25, 0.3) is 0 Å². The molecule has 0 aliphatic heterocycles. The van der Waals surface area contributed by atoms with Crippen LogP contribution in [0, 0.1) is 13.8 Å². The first-order valence-electron chi connectivity index (χ1n) is 5.89. The molecule has 0 spiro atoms. The summed E-state index contributed by atoms with van der Waals surface area (Å²) in [6.07, 6.45) is 0. The van der Waals surface area contributed by atoms with Gasteiger partial charge in [0.05, 0.1) is 5.69 Å². The van der Waals surface area contributed by atoms with Gasteiger partial charge in [-0.3, -0.25) is 0 Å². The summed E-state index contributed by atoms with van der Waals surface area (Å²) in [6.45, 7) is 3.80. The maximum atomic E-state index is 5.51. The third kappa shape index (κ3) is 2.46. The molecule has 0 amide bonds. The maximum Gasteiger partial charge on any atom is 0.192 e. The van der Waals surface area contributed by atoms with E-state index in [1.54, 1.807) is 0 Å². The predicted molar refractivity (Wildman–Crippen MR) is 78.7 cm³/mol. The lowest BCUT2D eigenvalue weighted by Crippen LogP contribution is -1.95. The van der Waals surface area contributed by atoms with Gasteiger partial charge in [-0.05, 0) is 47.1 Å². The van der Waals surface area contributed by atoms with E-state index in [2.05, 4.69) is 31.2 Å². The zero-order valence-electron chi connectivity index (χ0n) is 10.6. The number of nitrogens with one attached hydrogen (secondary N) is 1. The number of oxazole rings is 1. The summed E-state index contributed by atoms with van der Waals surface area (Å²) in [5.41, 5.74) is 3.51. The molecule has 3 aromatic rings. The minimum absolute atomic E-state index is 0.671. The van der Waals surface area contributed by atoms with Gasteiger partial charge in [0, 0.05) is 23.2 Å². The molecule has 96 valence electrons. The highest BCUT2D eigenvalue weighted by Crippen LogP contribution is 2.23. The second kappa shape index (κ2) is 4.66. The van der Waals surface area contributed by atoms with E-state index in [0.29, 0.717) is 5.89 Å². The quantitative estimate of drug-likeness (QED) is 0.763. The second-order valence-corrected chi connectivity index (χ2v) is 5.16. The zero-order valence-corrected chi connectivity index (χ0v) is 12.2. The van der Waals surface area contributed by atoms with Crippen LogP contribution < -0.4 is 5.32 Å². The number of benzene rings is 1. The number of hydrogen-bond acceptors (Lipinski definition) is 4. The molecule has 0 aliphatic rings. The van der Waals surface area contributed by atoms with E-state index in [4.69, 9.17) is 4.42 Å². The summed E-state index contributed by atoms with van der Waals surface area (Å²) in [5, 5.41) is 3.25. The lowest BCUT2D eigenvalue weighted by molar-refractivity contribution is 0.561. The van der Waals surface area contributed by atoms with Crippen LogP contribution in [0.4, 0.5) is 11.5 Å². The Kier molecular flexibility index (Phi) is 2.98. The van der Waals surface area contributed by atoms with Crippen molar-refractivity contribution in [2.75, 3.05) is 5.32 Å². The molecule has 19 heavy (non-hydrogen) atoms. The van der Waals surface area contributed by atoms with Crippen LogP contribution in [0.2, 0.25) is 0 Å². The summed E-state index contributed by atoms with van der Waals surface area (Å²) in [6, 6.07) is 9.71. The second-order valence-electron chi connectivity index (χ2n) is 4.30. The van der Waals surface area contributed by atoms with Crippen LogP contribution in [0.15, 0.2) is 39.2 Å². The number of pyridine rings is 1. The van der Waals surface area contributed by atoms with Crippen molar-refractivity contribution in [3.05, 3.63) is 46.4 Å². The molecule has 1 N–H and O–H groups in total. The Hall–Kier alpha value is -1.88. The van der Waals surface area contributed by atoms with Crippen molar-refractivity contribution in [2.24, 2.45) is 0 Å². The molecule has 2 heterocycles. The fourth-order valence-corrected chi connectivity index (χ4v) is 2.10. The molecule has 0 atom stereocenters. The number of rotatable bonds is 2. The van der Waals surface area contributed by atoms with Gasteiger partial charge in [-0.1, -0.05) is 0 Å². The monoisotopic (exact) mass is 317 g/mol. The Balaban J connectivity index is 1.93. The molecule has 0 bridgehead atoms. The fourth-order valence-electron chi connectivity index (χ4n) is 1.88. The molecule has 5 heteroatoms. The minimum Gasteiger partial charge on any atom is -0.441 e. The van der Waals surface area contributed by atoms with Gasteiger partial charge in [-0.2, -0.15) is 0 Å². The van der Waals surface area contributed by atoms with Crippen molar-refractivity contribution in [3.8, 4) is 0 Å². The van der Waals surface area contributed by atoms with Gasteiger partial charge in [0.2, 0.25) is 0 Å². The minimum atomic E-state index is 0.671. The third-order valence-corrected chi connectivity index (χ3v) is 3.63. The van der Waals surface area contributed by atoms with E-state index in [9.17, 15) is 0 Å². The number of anilines is 2. The molecule has 3 rings (SSSR count). The van der Waals surface area contributed by atoms with Crippen LogP contribution in [0.3, 0.4) is 0 Å². The Morgan fingerprint density at radius 1 is 1.11 bits per heavy atom. The van der Waals surface area contributed by atoms with E-state index >= 15 is 0 Å². The number of aryl methyl sites for hydroxylation is 2. The van der Waals surface area contributed by atoms with Gasteiger partial charge in [0.15, 0.2) is 11.5 Å². The normalized spacial score (nSPS) is 10.9. The smallest absolute Gasteiger partial charge is 0.192 e. The SMILES string of the molecule is Cc1nc2ccc(Nc3ccc(Br)c(C)n3)cc2o1. The highest BCUT2D eigenvalue weighted by atomic mass is 79.9. The Morgan fingerprint density at radius 3 is 2.74 bits per heavy atom. The van der Waals surface area contributed by atoms with Crippen molar-refractivity contribution in [2.45, 2.75) is 13.8 Å². The number of halogens is 1. The lowest BCUT2D eigenvalue weighted by Gasteiger charge is -2.06. The molecule has 0 aliphatic carbocycles. The summed E-state index contributed by atoms with van der Waals surface area (Å²) in [5.74, 6) is 1.47. The predicted octanol–water partition coefficient (Wildman–Crippen LogP) is 4.35. The lowest BCUT2D eigenvalue weighted by atomic mass is 10.3. The molecule has 0 radical (unpaired) electrons. The number of fused-ring (bicyclic) bond motifs is 1. The topological polar surface area (TPSA) is 51.0 Å². The molecule has 0 saturated carbocycles. The summed E-state index contributed by atoms with van der Waals surface area (Å²) in [7, 11) is 0. The van der Waals surface area contributed by atoms with Crippen molar-refractivity contribution in [1.29, 1.82) is 0 Å². The first-order chi connectivity index (χ1) is 9.11. The van der Waals surface area contributed by atoms with Crippen molar-refractivity contribution in [3.63, 3.8) is 0 Å². The van der Waals surface area contributed by atoms with Crippen LogP contribution in [0.1, 0.15) is 11.6 Å². The van der Waals surface area contributed by atoms with Crippen LogP contribution in [-0.2, 0) is 0 Å². The Labute approximate surface area is 119 Å². The molecule has 0 saturated heterocycles. The molecule has 1 aromatic carbocycles. The van der Waals surface area contributed by atoms with Gasteiger partial charge in [-0.25, -0.2) is 9.97 Å². The molecule has 4 nitrogen and oxygen atoms in total. The maximum absolute atomic E-state index is 5.51. The highest BCUT2D eigenvalue weighted by Gasteiger charge is 2.04. The van der Waals surface area contributed by atoms with E-state index < -0.39 is 0 Å². The number of hydrogen-bond donors (Lipinski definition) is 1. The Morgan fingerprint density at radius 2 is 1.95 bits per heavy atom. The highest BCUT2D eigenvalue weighted by molar-refractivity contribution is 9.10. The van der Waals surface area contributed by atoms with Crippen molar-refractivity contribution < 1.29 is 4.42 Å². The van der Waals surface area contributed by atoms with E-state index in [1.807, 2.05) is 44.2 Å². The summed E-state index contributed by atoms with van der Waals surface area (Å²) >= 11 is 3.44. The van der Waals surface area contributed by atoms with Crippen LogP contribution in [0.5, 0.6) is 0 Å². The average molecular weight is 318 g/mol. The Bertz CT molecular complexity index is 752. The van der Waals surface area contributed by atoms with Crippen molar-refractivity contribution in [1.82, 2.24) is 9.97 Å². The standard InChI is InChI=1S/C14H12BrN3O/c1-8-11(15)4-6-14(16-8)18-10-3-5-12-13(7-10)19-9(2)17-12/h3-7H,1-2H3,(H,16,18). The molecular weight excluding hydrogens is 306 g/mol. The van der Waals surface area contributed by atoms with E-state index in [0.717, 1.165) is 32.8 Å². The zero-order chi connectivity index (χ0) is 13.4. The average Bonchev–Trinajstić information content (AvgIpc) is 2.73. The van der Waals surface area contributed by atoms with Crippen LogP contribution >= 0.6 is 15.9 Å². The van der Waals surface area contributed by atoms with Gasteiger partial charge < -0.3 is 9.73 Å². The number of nitrogens with zero attached hydrogens (tertiary/aromatic N) is 2. The van der Waals surface area contributed by atoms with E-state index in [-0.39, 0.29) is 0 Å². The molecule has 0 unspecified atom stereocenters. The summed E-state index contributed by atoms with van der Waals surface area (Å²) in [4.78, 5) is 8.72. The van der Waals surface area contributed by atoms with Crippen LogP contribution in [-0.4, -0.2) is 9.97 Å². The van der Waals surface area contributed by atoms with E-state index in [1.165, 1.54) is 0 Å². The summed E-state index contributed by atoms with van der Waals surface area (Å²) < 4.78 is 6.51. The van der Waals surface area contributed by atoms with Gasteiger partial charge in [-0.15, -0.1) is 0 Å². The molecular formula is C14H12BrN3O.